The van der Waals surface area contributed by atoms with Crippen LogP contribution < -0.4 is 19.5 Å². The number of likely N-dealkylation sites (N-methyl/N-ethyl adjacent to an activating group) is 1. The molecule has 1 N–H and O–H groups in total. The number of sulfonamides is 2. The highest BCUT2D eigenvalue weighted by molar-refractivity contribution is 7.89. The van der Waals surface area contributed by atoms with Crippen molar-refractivity contribution in [1.29, 1.82) is 0 Å². The fourth-order valence-electron chi connectivity index (χ4n) is 3.52. The van der Waals surface area contributed by atoms with E-state index < -0.39 is 32.5 Å². The lowest BCUT2D eigenvalue weighted by atomic mass is 10.3. The van der Waals surface area contributed by atoms with Gasteiger partial charge in [-0.15, -0.1) is 0 Å². The lowest BCUT2D eigenvalue weighted by Gasteiger charge is -2.26. The van der Waals surface area contributed by atoms with E-state index in [9.17, 15) is 21.6 Å². The molecule has 1 saturated heterocycles. The van der Waals surface area contributed by atoms with Gasteiger partial charge in [-0.1, -0.05) is 0 Å². The summed E-state index contributed by atoms with van der Waals surface area (Å²) >= 11 is 0. The predicted molar refractivity (Wildman–Crippen MR) is 131 cm³/mol. The number of morpholine rings is 1. The second-order valence-corrected chi connectivity index (χ2v) is 11.7. The first-order valence-electron chi connectivity index (χ1n) is 10.8. The van der Waals surface area contributed by atoms with Crippen LogP contribution in [0.1, 0.15) is 0 Å². The van der Waals surface area contributed by atoms with E-state index in [4.69, 9.17) is 18.9 Å². The highest BCUT2D eigenvalue weighted by Gasteiger charge is 2.28. The normalized spacial score (nSPS) is 14.9. The second kappa shape index (κ2) is 11.4. The van der Waals surface area contributed by atoms with E-state index in [1.807, 2.05) is 0 Å². The van der Waals surface area contributed by atoms with Gasteiger partial charge in [0, 0.05) is 26.2 Å². The second-order valence-electron chi connectivity index (χ2n) is 7.70. The largest absolute Gasteiger partial charge is 0.495 e. The number of methoxy groups -OCH3 is 3. The molecule has 1 amide bonds. The number of nitrogens with zero attached hydrogens (tertiary/aromatic N) is 2. The molecule has 1 fully saturated rings. The fourth-order valence-corrected chi connectivity index (χ4v) is 6.09. The smallest absolute Gasteiger partial charge is 0.243 e. The molecule has 12 nitrogen and oxygen atoms in total. The van der Waals surface area contributed by atoms with Gasteiger partial charge in [0.15, 0.2) is 11.5 Å². The lowest BCUT2D eigenvalue weighted by Crippen LogP contribution is -2.40. The van der Waals surface area contributed by atoms with Crippen LogP contribution in [-0.4, -0.2) is 92.6 Å². The van der Waals surface area contributed by atoms with Crippen LogP contribution in [0.25, 0.3) is 0 Å². The number of amides is 1. The van der Waals surface area contributed by atoms with Crippen molar-refractivity contribution < 1.29 is 40.6 Å². The highest BCUT2D eigenvalue weighted by Crippen LogP contribution is 2.31. The molecule has 0 unspecified atom stereocenters. The zero-order valence-corrected chi connectivity index (χ0v) is 22.0. The average Bonchev–Trinajstić information content (AvgIpc) is 2.88. The monoisotopic (exact) mass is 543 g/mol. The number of benzene rings is 2. The number of ether oxygens (including phenoxy) is 4. The standard InChI is InChI=1S/C22H29N3O9S2/c1-24(35(27,28)17-6-8-20(32-3)21(14-17)33-4)15-22(26)23-18-13-16(5-7-19(18)31-2)36(29,30)25-9-11-34-12-10-25/h5-8,13-14H,9-12,15H2,1-4H3,(H,23,26). The summed E-state index contributed by atoms with van der Waals surface area (Å²) in [7, 11) is -2.44. The molecule has 0 aromatic heterocycles. The first kappa shape index (κ1) is 27.7. The third-order valence-electron chi connectivity index (χ3n) is 5.48. The molecule has 14 heteroatoms. The molecular weight excluding hydrogens is 514 g/mol. The first-order chi connectivity index (χ1) is 17.0. The Morgan fingerprint density at radius 3 is 2.11 bits per heavy atom. The van der Waals surface area contributed by atoms with Crippen molar-refractivity contribution in [3.05, 3.63) is 36.4 Å². The molecule has 2 aromatic carbocycles. The topological polar surface area (TPSA) is 141 Å². The highest BCUT2D eigenvalue weighted by atomic mass is 32.2. The quantitative estimate of drug-likeness (QED) is 0.464. The Labute approximate surface area is 210 Å². The van der Waals surface area contributed by atoms with E-state index >= 15 is 0 Å². The Balaban J connectivity index is 1.79. The van der Waals surface area contributed by atoms with E-state index in [0.717, 1.165) is 4.31 Å². The number of carbonyl (C=O) groups is 1. The molecule has 198 valence electrons. The van der Waals surface area contributed by atoms with Gasteiger partial charge >= 0.3 is 0 Å². The Kier molecular flexibility index (Phi) is 8.79. The van der Waals surface area contributed by atoms with Crippen molar-refractivity contribution in [3.63, 3.8) is 0 Å². The maximum Gasteiger partial charge on any atom is 0.243 e. The van der Waals surface area contributed by atoms with Crippen LogP contribution in [0.3, 0.4) is 0 Å². The molecule has 1 aliphatic heterocycles. The van der Waals surface area contributed by atoms with Crippen LogP contribution in [0.15, 0.2) is 46.2 Å². The van der Waals surface area contributed by atoms with Crippen LogP contribution in [0.4, 0.5) is 5.69 Å². The van der Waals surface area contributed by atoms with Crippen LogP contribution in [-0.2, 0) is 29.6 Å². The van der Waals surface area contributed by atoms with Gasteiger partial charge in [-0.05, 0) is 30.3 Å². The van der Waals surface area contributed by atoms with Crippen LogP contribution in [0.5, 0.6) is 17.2 Å². The van der Waals surface area contributed by atoms with E-state index in [1.165, 1.54) is 69.1 Å². The summed E-state index contributed by atoms with van der Waals surface area (Å²) in [5, 5.41) is 2.55. The Bertz CT molecular complexity index is 1310. The predicted octanol–water partition coefficient (Wildman–Crippen LogP) is 0.993. The van der Waals surface area contributed by atoms with Crippen molar-refractivity contribution >= 4 is 31.6 Å². The van der Waals surface area contributed by atoms with E-state index in [-0.39, 0.29) is 40.1 Å². The number of carbonyl (C=O) groups excluding carboxylic acids is 1. The summed E-state index contributed by atoms with van der Waals surface area (Å²) in [4.78, 5) is 12.6. The van der Waals surface area contributed by atoms with E-state index in [0.29, 0.717) is 19.0 Å². The third kappa shape index (κ3) is 5.90. The molecule has 0 spiro atoms. The van der Waals surface area contributed by atoms with Gasteiger partial charge < -0.3 is 24.3 Å². The average molecular weight is 544 g/mol. The molecule has 0 radical (unpaired) electrons. The number of rotatable bonds is 10. The van der Waals surface area contributed by atoms with Gasteiger partial charge in [-0.3, -0.25) is 4.79 Å². The number of nitrogens with one attached hydrogen (secondary N) is 1. The van der Waals surface area contributed by atoms with Crippen LogP contribution >= 0.6 is 0 Å². The van der Waals surface area contributed by atoms with Crippen molar-refractivity contribution in [2.75, 3.05) is 66.5 Å². The maximum absolute atomic E-state index is 13.0. The van der Waals surface area contributed by atoms with Gasteiger partial charge in [-0.2, -0.15) is 8.61 Å². The zero-order valence-electron chi connectivity index (χ0n) is 20.4. The molecule has 36 heavy (non-hydrogen) atoms. The summed E-state index contributed by atoms with van der Waals surface area (Å²) in [6, 6.07) is 8.18. The SMILES string of the molecule is COc1ccc(S(=O)(=O)N2CCOCC2)cc1NC(=O)CN(C)S(=O)(=O)c1ccc(OC)c(OC)c1. The van der Waals surface area contributed by atoms with Gasteiger partial charge in [0.2, 0.25) is 26.0 Å². The summed E-state index contributed by atoms with van der Waals surface area (Å²) < 4.78 is 74.9. The minimum absolute atomic E-state index is 0.0354. The van der Waals surface area contributed by atoms with Gasteiger partial charge in [0.05, 0.1) is 56.6 Å². The Morgan fingerprint density at radius 1 is 0.917 bits per heavy atom. The molecule has 0 bridgehead atoms. The van der Waals surface area contributed by atoms with E-state index in [2.05, 4.69) is 5.32 Å². The molecule has 0 saturated carbocycles. The molecule has 2 aromatic rings. The zero-order chi connectivity index (χ0) is 26.5. The van der Waals surface area contributed by atoms with Crippen molar-refractivity contribution in [2.45, 2.75) is 9.79 Å². The number of hydrogen-bond acceptors (Lipinski definition) is 9. The first-order valence-corrected chi connectivity index (χ1v) is 13.7. The minimum atomic E-state index is -4.05. The van der Waals surface area contributed by atoms with Gasteiger partial charge in [0.1, 0.15) is 5.75 Å². The van der Waals surface area contributed by atoms with Crippen molar-refractivity contribution in [1.82, 2.24) is 8.61 Å². The summed E-state index contributed by atoms with van der Waals surface area (Å²) in [5.74, 6) is 0.103. The molecule has 0 aliphatic carbocycles. The Hall–Kier alpha value is -2.91. The lowest BCUT2D eigenvalue weighted by molar-refractivity contribution is -0.116. The van der Waals surface area contributed by atoms with E-state index in [1.54, 1.807) is 0 Å². The molecule has 1 heterocycles. The maximum atomic E-state index is 13.0. The summed E-state index contributed by atoms with van der Waals surface area (Å²) in [6.45, 7) is 0.476. The van der Waals surface area contributed by atoms with Crippen molar-refractivity contribution in [2.24, 2.45) is 0 Å². The summed E-state index contributed by atoms with van der Waals surface area (Å²) in [6.07, 6.45) is 0. The third-order valence-corrected chi connectivity index (χ3v) is 9.18. The van der Waals surface area contributed by atoms with Crippen molar-refractivity contribution in [3.8, 4) is 17.2 Å². The van der Waals surface area contributed by atoms with Crippen LogP contribution in [0, 0.1) is 0 Å². The molecule has 0 atom stereocenters. The minimum Gasteiger partial charge on any atom is -0.495 e. The molecule has 1 aliphatic rings. The van der Waals surface area contributed by atoms with Gasteiger partial charge in [-0.25, -0.2) is 16.8 Å². The number of anilines is 1. The molecular formula is C22H29N3O9S2. The molecule has 3 rings (SSSR count). The Morgan fingerprint density at radius 2 is 1.50 bits per heavy atom. The summed E-state index contributed by atoms with van der Waals surface area (Å²) in [5.41, 5.74) is 0.0914. The fraction of sp³-hybridized carbons (Fsp3) is 0.409. The van der Waals surface area contributed by atoms with Crippen LogP contribution in [0.2, 0.25) is 0 Å². The number of hydrogen-bond donors (Lipinski definition) is 1. The van der Waals surface area contributed by atoms with Gasteiger partial charge in [0.25, 0.3) is 0 Å².